The summed E-state index contributed by atoms with van der Waals surface area (Å²) in [6.45, 7) is 4.91. The SMILES string of the molecule is CCCCCCCOc1cc(S(C)(=O)=O)cc2c(=O)c3cc(C(=O)OCCCCC)ccc3oc12. The van der Waals surface area contributed by atoms with Crippen LogP contribution in [0.1, 0.15) is 75.6 Å². The minimum atomic E-state index is -3.60. The summed E-state index contributed by atoms with van der Waals surface area (Å²) in [6, 6.07) is 7.25. The first kappa shape index (κ1) is 26.7. The van der Waals surface area contributed by atoms with E-state index in [1.807, 2.05) is 0 Å². The lowest BCUT2D eigenvalue weighted by atomic mass is 10.1. The lowest BCUT2D eigenvalue weighted by molar-refractivity contribution is 0.0498. The van der Waals surface area contributed by atoms with Crippen molar-refractivity contribution in [1.82, 2.24) is 0 Å². The molecule has 190 valence electrons. The molecule has 1 heterocycles. The van der Waals surface area contributed by atoms with Gasteiger partial charge in [-0.15, -0.1) is 0 Å². The number of hydrogen-bond acceptors (Lipinski definition) is 7. The van der Waals surface area contributed by atoms with Gasteiger partial charge in [0.05, 0.1) is 34.4 Å². The van der Waals surface area contributed by atoms with Gasteiger partial charge in [0.15, 0.2) is 21.2 Å². The van der Waals surface area contributed by atoms with Crippen LogP contribution in [0, 0.1) is 0 Å². The molecule has 0 aliphatic rings. The molecule has 0 atom stereocenters. The Labute approximate surface area is 206 Å². The fourth-order valence-corrected chi connectivity index (χ4v) is 4.49. The molecule has 0 aliphatic heterocycles. The number of hydrogen-bond donors (Lipinski definition) is 0. The summed E-state index contributed by atoms with van der Waals surface area (Å²) < 4.78 is 41.8. The van der Waals surface area contributed by atoms with Crippen LogP contribution in [0.4, 0.5) is 0 Å². The molecule has 0 N–H and O–H groups in total. The van der Waals surface area contributed by atoms with E-state index in [1.165, 1.54) is 18.2 Å². The van der Waals surface area contributed by atoms with Gasteiger partial charge < -0.3 is 13.9 Å². The van der Waals surface area contributed by atoms with Crippen LogP contribution < -0.4 is 10.2 Å². The van der Waals surface area contributed by atoms with Gasteiger partial charge >= 0.3 is 5.97 Å². The molecule has 3 aromatic rings. The predicted octanol–water partition coefficient (Wildman–Crippen LogP) is 6.05. The molecule has 3 rings (SSSR count). The van der Waals surface area contributed by atoms with Crippen LogP contribution in [0.25, 0.3) is 21.9 Å². The van der Waals surface area contributed by atoms with E-state index in [0.29, 0.717) is 13.2 Å². The number of benzene rings is 2. The summed E-state index contributed by atoms with van der Waals surface area (Å²) in [5.74, 6) is -0.295. The molecule has 0 saturated heterocycles. The molecule has 0 bridgehead atoms. The molecular weight excluding hydrogens is 468 g/mol. The van der Waals surface area contributed by atoms with Gasteiger partial charge in [-0.1, -0.05) is 52.4 Å². The van der Waals surface area contributed by atoms with E-state index in [2.05, 4.69) is 13.8 Å². The van der Waals surface area contributed by atoms with Crippen molar-refractivity contribution in [2.45, 2.75) is 70.1 Å². The Morgan fingerprint density at radius 3 is 2.29 bits per heavy atom. The first-order valence-corrected chi connectivity index (χ1v) is 14.2. The number of esters is 1. The summed E-state index contributed by atoms with van der Waals surface area (Å²) in [7, 11) is -3.60. The van der Waals surface area contributed by atoms with Crippen molar-refractivity contribution < 1.29 is 27.1 Å². The molecule has 0 aliphatic carbocycles. The molecule has 0 unspecified atom stereocenters. The average Bonchev–Trinajstić information content (AvgIpc) is 2.83. The highest BCUT2D eigenvalue weighted by Crippen LogP contribution is 2.31. The van der Waals surface area contributed by atoms with Crippen LogP contribution in [-0.4, -0.2) is 33.9 Å². The van der Waals surface area contributed by atoms with E-state index < -0.39 is 21.2 Å². The number of fused-ring (bicyclic) bond motifs is 2. The first-order chi connectivity index (χ1) is 16.8. The van der Waals surface area contributed by atoms with Crippen molar-refractivity contribution in [2.75, 3.05) is 19.5 Å². The monoisotopic (exact) mass is 502 g/mol. The number of ether oxygens (including phenoxy) is 2. The van der Waals surface area contributed by atoms with Gasteiger partial charge in [-0.25, -0.2) is 13.2 Å². The van der Waals surface area contributed by atoms with Crippen molar-refractivity contribution >= 4 is 37.7 Å². The second-order valence-corrected chi connectivity index (χ2v) is 10.8. The lowest BCUT2D eigenvalue weighted by Gasteiger charge is -2.12. The maximum Gasteiger partial charge on any atom is 0.338 e. The Kier molecular flexibility index (Phi) is 9.32. The van der Waals surface area contributed by atoms with Crippen LogP contribution >= 0.6 is 0 Å². The molecule has 8 heteroatoms. The molecule has 0 amide bonds. The zero-order chi connectivity index (χ0) is 25.4. The zero-order valence-corrected chi connectivity index (χ0v) is 21.5. The Morgan fingerprint density at radius 2 is 1.57 bits per heavy atom. The number of carbonyl (C=O) groups excluding carboxylic acids is 1. The molecule has 7 nitrogen and oxygen atoms in total. The van der Waals surface area contributed by atoms with Crippen LogP contribution in [0.2, 0.25) is 0 Å². The fourth-order valence-electron chi connectivity index (χ4n) is 3.84. The maximum atomic E-state index is 13.4. The smallest absolute Gasteiger partial charge is 0.338 e. The molecular formula is C27H34O7S. The topological polar surface area (TPSA) is 99.9 Å². The number of carbonyl (C=O) groups is 1. The summed E-state index contributed by atoms with van der Waals surface area (Å²) in [4.78, 5) is 25.8. The third kappa shape index (κ3) is 6.84. The Balaban J connectivity index is 1.99. The molecule has 0 radical (unpaired) electrons. The van der Waals surface area contributed by atoms with Gasteiger partial charge in [0.2, 0.25) is 5.43 Å². The highest BCUT2D eigenvalue weighted by Gasteiger charge is 2.19. The van der Waals surface area contributed by atoms with Gasteiger partial charge in [-0.2, -0.15) is 0 Å². The molecule has 1 aromatic heterocycles. The highest BCUT2D eigenvalue weighted by molar-refractivity contribution is 7.90. The van der Waals surface area contributed by atoms with Gasteiger partial charge in [-0.3, -0.25) is 4.79 Å². The summed E-state index contributed by atoms with van der Waals surface area (Å²) in [6.07, 6.45) is 9.05. The zero-order valence-electron chi connectivity index (χ0n) is 20.7. The minimum absolute atomic E-state index is 0.0240. The number of rotatable bonds is 13. The summed E-state index contributed by atoms with van der Waals surface area (Å²) in [5, 5.41) is 0.270. The van der Waals surface area contributed by atoms with Gasteiger partial charge in [-0.05, 0) is 37.1 Å². The Morgan fingerprint density at radius 1 is 0.886 bits per heavy atom. The number of sulfone groups is 1. The largest absolute Gasteiger partial charge is 0.490 e. The average molecular weight is 503 g/mol. The second kappa shape index (κ2) is 12.2. The first-order valence-electron chi connectivity index (χ1n) is 12.3. The van der Waals surface area contributed by atoms with E-state index in [9.17, 15) is 18.0 Å². The van der Waals surface area contributed by atoms with Crippen molar-refractivity contribution in [1.29, 1.82) is 0 Å². The third-order valence-electron chi connectivity index (χ3n) is 5.86. The Hall–Kier alpha value is -2.87. The highest BCUT2D eigenvalue weighted by atomic mass is 32.2. The van der Waals surface area contributed by atoms with E-state index in [4.69, 9.17) is 13.9 Å². The van der Waals surface area contributed by atoms with Crippen LogP contribution in [0.15, 0.2) is 44.4 Å². The van der Waals surface area contributed by atoms with Crippen molar-refractivity contribution in [2.24, 2.45) is 0 Å². The fraction of sp³-hybridized carbons (Fsp3) is 0.481. The van der Waals surface area contributed by atoms with E-state index in [1.54, 1.807) is 12.1 Å². The Bertz CT molecular complexity index is 1340. The normalized spacial score (nSPS) is 11.7. The van der Waals surface area contributed by atoms with Crippen LogP contribution in [-0.2, 0) is 14.6 Å². The molecule has 0 saturated carbocycles. The molecule has 35 heavy (non-hydrogen) atoms. The van der Waals surface area contributed by atoms with Gasteiger partial charge in [0.25, 0.3) is 0 Å². The molecule has 2 aromatic carbocycles. The minimum Gasteiger partial charge on any atom is -0.490 e. The third-order valence-corrected chi connectivity index (χ3v) is 6.95. The van der Waals surface area contributed by atoms with E-state index >= 15 is 0 Å². The lowest BCUT2D eigenvalue weighted by Crippen LogP contribution is -2.10. The van der Waals surface area contributed by atoms with Crippen molar-refractivity contribution in [3.63, 3.8) is 0 Å². The van der Waals surface area contributed by atoms with Gasteiger partial charge in [0.1, 0.15) is 5.58 Å². The van der Waals surface area contributed by atoms with Crippen molar-refractivity contribution in [3.05, 3.63) is 46.1 Å². The van der Waals surface area contributed by atoms with Crippen molar-refractivity contribution in [3.8, 4) is 5.75 Å². The summed E-state index contributed by atoms with van der Waals surface area (Å²) >= 11 is 0. The van der Waals surface area contributed by atoms with E-state index in [0.717, 1.165) is 57.6 Å². The van der Waals surface area contributed by atoms with E-state index in [-0.39, 0.29) is 38.1 Å². The van der Waals surface area contributed by atoms with Crippen LogP contribution in [0.3, 0.4) is 0 Å². The molecule has 0 spiro atoms. The quantitative estimate of drug-likeness (QED) is 0.159. The second-order valence-electron chi connectivity index (χ2n) is 8.82. The summed E-state index contributed by atoms with van der Waals surface area (Å²) in [5.41, 5.74) is 0.284. The van der Waals surface area contributed by atoms with Crippen LogP contribution in [0.5, 0.6) is 5.75 Å². The molecule has 0 fully saturated rings. The predicted molar refractivity (Wildman–Crippen MR) is 137 cm³/mol. The van der Waals surface area contributed by atoms with Gasteiger partial charge in [0, 0.05) is 12.3 Å². The number of unbranched alkanes of at least 4 members (excludes halogenated alkanes) is 6. The maximum absolute atomic E-state index is 13.4. The standard InChI is InChI=1S/C27H34O7S/c1-4-6-8-9-11-14-32-24-18-20(35(3,30)31)17-22-25(28)21-16-19(12-13-23(21)34-26(22)24)27(29)33-15-10-7-5-2/h12-13,16-18H,4-11,14-15H2,1-3H3.